The van der Waals surface area contributed by atoms with E-state index in [2.05, 4.69) is 4.74 Å². The monoisotopic (exact) mass is 161 g/mol. The highest BCUT2D eigenvalue weighted by Gasteiger charge is 2.42. The zero-order valence-electron chi connectivity index (χ0n) is 6.93. The minimum atomic E-state index is -0.881. The Bertz CT molecular complexity index is 181. The number of amides is 1. The summed E-state index contributed by atoms with van der Waals surface area (Å²) in [6.07, 6.45) is -0.881. The van der Waals surface area contributed by atoms with E-state index >= 15 is 0 Å². The fourth-order valence-corrected chi connectivity index (χ4v) is 0.886. The first-order valence-corrected chi connectivity index (χ1v) is 3.59. The van der Waals surface area contributed by atoms with Crippen molar-refractivity contribution in [3.8, 4) is 0 Å². The first-order chi connectivity index (χ1) is 4.96. The lowest BCUT2D eigenvalue weighted by Gasteiger charge is -2.39. The smallest absolute Gasteiger partial charge is 0.438 e. The van der Waals surface area contributed by atoms with E-state index in [-0.39, 0.29) is 11.0 Å². The third-order valence-corrected chi connectivity index (χ3v) is 2.33. The molecule has 0 bridgehead atoms. The predicted octanol–water partition coefficient (Wildman–Crippen LogP) is 1.74. The second kappa shape index (κ2) is 2.36. The van der Waals surface area contributed by atoms with Crippen molar-refractivity contribution in [2.45, 2.75) is 26.3 Å². The number of hydrogen-bond donors (Lipinski definition) is 0. The number of halogens is 1. The van der Waals surface area contributed by atoms with E-state index in [4.69, 9.17) is 0 Å². The number of rotatable bonds is 0. The van der Waals surface area contributed by atoms with Crippen LogP contribution in [0.3, 0.4) is 0 Å². The van der Waals surface area contributed by atoms with Crippen LogP contribution in [0.5, 0.6) is 0 Å². The van der Waals surface area contributed by atoms with Gasteiger partial charge in [-0.25, -0.2) is 4.79 Å². The van der Waals surface area contributed by atoms with Crippen molar-refractivity contribution in [1.29, 1.82) is 0 Å². The van der Waals surface area contributed by atoms with E-state index in [0.717, 1.165) is 0 Å². The topological polar surface area (TPSA) is 29.5 Å². The normalized spacial score (nSPS) is 30.0. The second-order valence-corrected chi connectivity index (χ2v) is 3.41. The molecule has 1 unspecified atom stereocenters. The molecular weight excluding hydrogens is 149 g/mol. The maximum atomic E-state index is 13.0. The molecule has 1 amide bonds. The summed E-state index contributed by atoms with van der Waals surface area (Å²) in [6, 6.07) is 0. The van der Waals surface area contributed by atoms with Gasteiger partial charge in [0.15, 0.2) is 0 Å². The Kier molecular flexibility index (Phi) is 1.78. The lowest BCUT2D eigenvalue weighted by atomic mass is 9.89. The number of cyclic esters (lactones) is 1. The number of ether oxygens (including phenoxy) is 1. The highest BCUT2D eigenvalue weighted by atomic mass is 19.2. The molecule has 0 aliphatic carbocycles. The van der Waals surface area contributed by atoms with Gasteiger partial charge in [-0.15, -0.1) is 5.12 Å². The lowest BCUT2D eigenvalue weighted by molar-refractivity contribution is -0.119. The molecule has 1 rings (SSSR count). The van der Waals surface area contributed by atoms with E-state index in [1.807, 2.05) is 6.92 Å². The van der Waals surface area contributed by atoms with Gasteiger partial charge in [-0.3, -0.25) is 0 Å². The molecule has 4 heteroatoms. The fourth-order valence-electron chi connectivity index (χ4n) is 0.886. The Balaban J connectivity index is 2.80. The predicted molar refractivity (Wildman–Crippen MR) is 37.5 cm³/mol. The molecule has 0 radical (unpaired) electrons. The zero-order chi connectivity index (χ0) is 8.65. The number of carbonyl (C=O) groups is 1. The number of carbonyl (C=O) groups excluding carboxylic acids is 1. The Morgan fingerprint density at radius 1 is 1.73 bits per heavy atom. The number of nitrogens with zero attached hydrogens (tertiary/aromatic N) is 1. The molecule has 0 saturated carbocycles. The van der Waals surface area contributed by atoms with Crippen LogP contribution in [0, 0.1) is 5.92 Å². The van der Waals surface area contributed by atoms with Gasteiger partial charge in [0.05, 0.1) is 12.1 Å². The van der Waals surface area contributed by atoms with E-state index in [9.17, 15) is 9.28 Å². The molecular formula is C7H12FNO2. The summed E-state index contributed by atoms with van der Waals surface area (Å²) >= 11 is 0. The van der Waals surface area contributed by atoms with Crippen LogP contribution >= 0.6 is 0 Å². The van der Waals surface area contributed by atoms with Gasteiger partial charge in [-0.05, 0) is 13.8 Å². The summed E-state index contributed by atoms with van der Waals surface area (Å²) in [4.78, 5) is 10.7. The van der Waals surface area contributed by atoms with Gasteiger partial charge in [0.1, 0.15) is 0 Å². The van der Waals surface area contributed by atoms with Crippen LogP contribution in [0.1, 0.15) is 20.8 Å². The van der Waals surface area contributed by atoms with Crippen molar-refractivity contribution in [2.24, 2.45) is 5.92 Å². The van der Waals surface area contributed by atoms with Gasteiger partial charge in [0, 0.05) is 5.92 Å². The van der Waals surface area contributed by atoms with Crippen molar-refractivity contribution >= 4 is 6.09 Å². The van der Waals surface area contributed by atoms with Crippen molar-refractivity contribution in [3.05, 3.63) is 0 Å². The van der Waals surface area contributed by atoms with Crippen molar-refractivity contribution in [3.63, 3.8) is 0 Å². The largest absolute Gasteiger partial charge is 0.447 e. The standard InChI is InChI=1S/C7H12FNO2/c1-5-4-11-6(10)9(8)7(5,2)3/h5H,4H2,1-3H3. The molecule has 1 fully saturated rings. The minimum absolute atomic E-state index is 0.0187. The third kappa shape index (κ3) is 1.17. The Morgan fingerprint density at radius 3 is 2.73 bits per heavy atom. The second-order valence-electron chi connectivity index (χ2n) is 3.41. The number of hydrogen-bond acceptors (Lipinski definition) is 2. The zero-order valence-corrected chi connectivity index (χ0v) is 6.93. The molecule has 0 aromatic heterocycles. The van der Waals surface area contributed by atoms with Crippen LogP contribution in [0.25, 0.3) is 0 Å². The van der Waals surface area contributed by atoms with Gasteiger partial charge in [0.25, 0.3) is 0 Å². The van der Waals surface area contributed by atoms with E-state index in [1.165, 1.54) is 0 Å². The summed E-state index contributed by atoms with van der Waals surface area (Å²) < 4.78 is 17.5. The minimum Gasteiger partial charge on any atom is -0.447 e. The summed E-state index contributed by atoms with van der Waals surface area (Å²) in [5.41, 5.74) is -0.741. The Hall–Kier alpha value is -0.800. The first kappa shape index (κ1) is 8.30. The van der Waals surface area contributed by atoms with E-state index < -0.39 is 11.6 Å². The van der Waals surface area contributed by atoms with Crippen molar-refractivity contribution < 1.29 is 14.0 Å². The van der Waals surface area contributed by atoms with Crippen LogP contribution in [0.4, 0.5) is 9.28 Å². The molecule has 1 aliphatic rings. The fraction of sp³-hybridized carbons (Fsp3) is 0.857. The average molecular weight is 161 g/mol. The van der Waals surface area contributed by atoms with E-state index in [1.54, 1.807) is 13.8 Å². The van der Waals surface area contributed by atoms with Gasteiger partial charge < -0.3 is 4.74 Å². The summed E-state index contributed by atoms with van der Waals surface area (Å²) in [6.45, 7) is 5.50. The molecule has 3 nitrogen and oxygen atoms in total. The SMILES string of the molecule is CC1COC(=O)N(F)C1(C)C. The first-order valence-electron chi connectivity index (χ1n) is 3.59. The summed E-state index contributed by atoms with van der Waals surface area (Å²) in [5, 5.41) is 0.154. The van der Waals surface area contributed by atoms with Gasteiger partial charge in [-0.1, -0.05) is 11.4 Å². The molecule has 0 aromatic rings. The average Bonchev–Trinajstić information content (AvgIpc) is 1.95. The summed E-state index contributed by atoms with van der Waals surface area (Å²) in [5.74, 6) is 0.0187. The molecule has 1 saturated heterocycles. The maximum absolute atomic E-state index is 13.0. The van der Waals surface area contributed by atoms with Gasteiger partial charge >= 0.3 is 6.09 Å². The van der Waals surface area contributed by atoms with Crippen LogP contribution in [-0.4, -0.2) is 23.4 Å². The molecule has 1 atom stereocenters. The summed E-state index contributed by atoms with van der Waals surface area (Å²) in [7, 11) is 0. The van der Waals surface area contributed by atoms with Crippen LogP contribution in [0.2, 0.25) is 0 Å². The van der Waals surface area contributed by atoms with Crippen molar-refractivity contribution in [1.82, 2.24) is 5.12 Å². The molecule has 0 N–H and O–H groups in total. The van der Waals surface area contributed by atoms with Crippen LogP contribution in [-0.2, 0) is 4.74 Å². The molecule has 0 spiro atoms. The van der Waals surface area contributed by atoms with Crippen LogP contribution in [0.15, 0.2) is 0 Å². The lowest BCUT2D eigenvalue weighted by Crippen LogP contribution is -2.53. The highest BCUT2D eigenvalue weighted by molar-refractivity contribution is 5.68. The molecule has 0 aromatic carbocycles. The van der Waals surface area contributed by atoms with Crippen molar-refractivity contribution in [2.75, 3.05) is 6.61 Å². The quantitative estimate of drug-likeness (QED) is 0.506. The molecule has 64 valence electrons. The molecule has 1 heterocycles. The Labute approximate surface area is 65.1 Å². The molecule has 1 aliphatic heterocycles. The van der Waals surface area contributed by atoms with Gasteiger partial charge in [0.2, 0.25) is 0 Å². The third-order valence-electron chi connectivity index (χ3n) is 2.33. The van der Waals surface area contributed by atoms with Crippen LogP contribution < -0.4 is 0 Å². The molecule has 11 heavy (non-hydrogen) atoms. The maximum Gasteiger partial charge on any atom is 0.438 e. The Morgan fingerprint density at radius 2 is 2.27 bits per heavy atom. The van der Waals surface area contributed by atoms with E-state index in [0.29, 0.717) is 6.61 Å². The van der Waals surface area contributed by atoms with Gasteiger partial charge in [-0.2, -0.15) is 0 Å². The highest BCUT2D eigenvalue weighted by Crippen LogP contribution is 2.29.